The molecule has 2 aromatic carbocycles. The van der Waals surface area contributed by atoms with Crippen LogP contribution in [0.3, 0.4) is 0 Å². The monoisotopic (exact) mass is 433 g/mol. The quantitative estimate of drug-likeness (QED) is 0.408. The van der Waals surface area contributed by atoms with Crippen LogP contribution >= 0.6 is 11.3 Å². The van der Waals surface area contributed by atoms with Gasteiger partial charge in [0.2, 0.25) is 5.91 Å². The minimum Gasteiger partial charge on any atom is -0.489 e. The maximum absolute atomic E-state index is 12.4. The predicted octanol–water partition coefficient (Wildman–Crippen LogP) is 5.25. The van der Waals surface area contributed by atoms with E-state index in [1.807, 2.05) is 54.6 Å². The molecule has 0 fully saturated rings. The number of benzene rings is 2. The van der Waals surface area contributed by atoms with E-state index in [1.165, 1.54) is 24.5 Å². The Kier molecular flexibility index (Phi) is 6.48. The van der Waals surface area contributed by atoms with E-state index >= 15 is 0 Å². The van der Waals surface area contributed by atoms with Crippen LogP contribution in [-0.4, -0.2) is 19.0 Å². The number of ether oxygens (including phenoxy) is 2. The van der Waals surface area contributed by atoms with Crippen molar-refractivity contribution in [1.29, 1.82) is 0 Å². The zero-order valence-electron chi connectivity index (χ0n) is 17.2. The second kappa shape index (κ2) is 9.62. The van der Waals surface area contributed by atoms with E-state index < -0.39 is 5.97 Å². The number of carbonyl (C=O) groups excluding carboxylic acids is 2. The van der Waals surface area contributed by atoms with Crippen LogP contribution in [0.5, 0.6) is 5.75 Å². The lowest BCUT2D eigenvalue weighted by molar-refractivity contribution is -0.111. The molecule has 1 aliphatic rings. The van der Waals surface area contributed by atoms with Gasteiger partial charge < -0.3 is 14.8 Å². The number of hydrogen-bond donors (Lipinski definition) is 1. The van der Waals surface area contributed by atoms with Crippen LogP contribution in [0.4, 0.5) is 5.00 Å². The molecule has 0 spiro atoms. The molecule has 0 saturated carbocycles. The minimum absolute atomic E-state index is 0.283. The first-order valence-electron chi connectivity index (χ1n) is 10.1. The van der Waals surface area contributed by atoms with Crippen LogP contribution < -0.4 is 10.1 Å². The Morgan fingerprint density at radius 1 is 1.06 bits per heavy atom. The lowest BCUT2D eigenvalue weighted by Crippen LogP contribution is -2.12. The molecule has 4 rings (SSSR count). The van der Waals surface area contributed by atoms with Gasteiger partial charge in [0.05, 0.1) is 12.7 Å². The second-order valence-corrected chi connectivity index (χ2v) is 8.32. The smallest absolute Gasteiger partial charge is 0.341 e. The van der Waals surface area contributed by atoms with Crippen molar-refractivity contribution in [3.05, 3.63) is 87.8 Å². The molecule has 0 unspecified atom stereocenters. The number of carbonyl (C=O) groups is 2. The number of methoxy groups -OCH3 is 1. The highest BCUT2D eigenvalue weighted by atomic mass is 32.1. The highest BCUT2D eigenvalue weighted by Crippen LogP contribution is 2.39. The molecule has 0 aliphatic heterocycles. The van der Waals surface area contributed by atoms with E-state index in [2.05, 4.69) is 5.32 Å². The molecular formula is C25H23NO4S. The topological polar surface area (TPSA) is 64.6 Å². The van der Waals surface area contributed by atoms with Gasteiger partial charge in [-0.05, 0) is 54.2 Å². The summed E-state index contributed by atoms with van der Waals surface area (Å²) in [5.74, 6) is 0.0838. The third kappa shape index (κ3) is 5.03. The highest BCUT2D eigenvalue weighted by Gasteiger charge is 2.27. The molecule has 31 heavy (non-hydrogen) atoms. The van der Waals surface area contributed by atoms with E-state index in [9.17, 15) is 9.59 Å². The first kappa shape index (κ1) is 20.9. The number of amides is 1. The average Bonchev–Trinajstić information content (AvgIpc) is 3.38. The Balaban J connectivity index is 1.37. The Labute approximate surface area is 185 Å². The molecule has 6 heteroatoms. The predicted molar refractivity (Wildman–Crippen MR) is 123 cm³/mol. The number of nitrogens with one attached hydrogen (secondary N) is 1. The number of fused-ring (bicyclic) bond motifs is 1. The van der Waals surface area contributed by atoms with Crippen molar-refractivity contribution in [2.75, 3.05) is 12.4 Å². The van der Waals surface area contributed by atoms with Gasteiger partial charge in [0.1, 0.15) is 17.4 Å². The summed E-state index contributed by atoms with van der Waals surface area (Å²) in [6.45, 7) is 0.506. The first-order chi connectivity index (χ1) is 15.1. The van der Waals surface area contributed by atoms with Gasteiger partial charge in [0.15, 0.2) is 0 Å². The fourth-order valence-electron chi connectivity index (χ4n) is 3.55. The van der Waals surface area contributed by atoms with Crippen molar-refractivity contribution in [1.82, 2.24) is 0 Å². The maximum Gasteiger partial charge on any atom is 0.341 e. The Morgan fingerprint density at radius 3 is 2.58 bits per heavy atom. The van der Waals surface area contributed by atoms with Crippen molar-refractivity contribution < 1.29 is 19.1 Å². The van der Waals surface area contributed by atoms with Crippen LogP contribution in [0.25, 0.3) is 6.08 Å². The summed E-state index contributed by atoms with van der Waals surface area (Å²) in [6.07, 6.45) is 6.01. The standard InChI is InChI=1S/C25H23NO4S/c1-29-25(28)23-20-8-5-9-21(20)31-24(23)26-22(27)15-12-17-10-13-19(14-11-17)30-16-18-6-3-2-4-7-18/h2-4,6-7,10-15H,5,8-9,16H2,1H3,(H,26,27)/b15-12+. The van der Waals surface area contributed by atoms with Gasteiger partial charge in [-0.2, -0.15) is 0 Å². The molecule has 1 aromatic heterocycles. The lowest BCUT2D eigenvalue weighted by Gasteiger charge is -2.06. The van der Waals surface area contributed by atoms with Gasteiger partial charge in [0.25, 0.3) is 0 Å². The van der Waals surface area contributed by atoms with Gasteiger partial charge in [-0.1, -0.05) is 42.5 Å². The average molecular weight is 434 g/mol. The molecule has 1 heterocycles. The lowest BCUT2D eigenvalue weighted by atomic mass is 10.1. The number of thiophene rings is 1. The maximum atomic E-state index is 12.4. The fourth-order valence-corrected chi connectivity index (χ4v) is 4.83. The number of hydrogen-bond acceptors (Lipinski definition) is 5. The van der Waals surface area contributed by atoms with Crippen LogP contribution in [-0.2, 0) is 29.0 Å². The molecule has 3 aromatic rings. The number of anilines is 1. The summed E-state index contributed by atoms with van der Waals surface area (Å²) in [5.41, 5.74) is 3.50. The van der Waals surface area contributed by atoms with Gasteiger partial charge in [-0.25, -0.2) is 4.79 Å². The first-order valence-corrected chi connectivity index (χ1v) is 10.9. The number of aryl methyl sites for hydroxylation is 1. The normalized spacial score (nSPS) is 12.5. The fraction of sp³-hybridized carbons (Fsp3) is 0.200. The molecule has 0 radical (unpaired) electrons. The largest absolute Gasteiger partial charge is 0.489 e. The van der Waals surface area contributed by atoms with Crippen molar-refractivity contribution in [2.24, 2.45) is 0 Å². The van der Waals surface area contributed by atoms with E-state index in [1.54, 1.807) is 6.08 Å². The summed E-state index contributed by atoms with van der Waals surface area (Å²) >= 11 is 1.46. The summed E-state index contributed by atoms with van der Waals surface area (Å²) in [7, 11) is 1.36. The molecule has 0 bridgehead atoms. The summed E-state index contributed by atoms with van der Waals surface area (Å²) in [6, 6.07) is 17.5. The van der Waals surface area contributed by atoms with Gasteiger partial charge >= 0.3 is 5.97 Å². The Bertz CT molecular complexity index is 1100. The van der Waals surface area contributed by atoms with E-state index in [-0.39, 0.29) is 5.91 Å². The number of esters is 1. The van der Waals surface area contributed by atoms with Crippen LogP contribution in [0, 0.1) is 0 Å². The summed E-state index contributed by atoms with van der Waals surface area (Å²) in [4.78, 5) is 25.8. The van der Waals surface area contributed by atoms with Gasteiger partial charge in [0, 0.05) is 11.0 Å². The van der Waals surface area contributed by atoms with E-state index in [4.69, 9.17) is 9.47 Å². The molecule has 0 atom stereocenters. The molecule has 5 nitrogen and oxygen atoms in total. The summed E-state index contributed by atoms with van der Waals surface area (Å²) in [5, 5.41) is 3.41. The highest BCUT2D eigenvalue weighted by molar-refractivity contribution is 7.17. The van der Waals surface area contributed by atoms with Crippen LogP contribution in [0.15, 0.2) is 60.7 Å². The third-order valence-electron chi connectivity index (χ3n) is 5.10. The minimum atomic E-state index is -0.398. The van der Waals surface area contributed by atoms with E-state index in [0.29, 0.717) is 17.2 Å². The van der Waals surface area contributed by atoms with Crippen LogP contribution in [0.1, 0.15) is 38.3 Å². The van der Waals surface area contributed by atoms with Gasteiger partial charge in [-0.15, -0.1) is 11.3 Å². The molecule has 1 amide bonds. The van der Waals surface area contributed by atoms with Gasteiger partial charge in [-0.3, -0.25) is 4.79 Å². The van der Waals surface area contributed by atoms with Crippen molar-refractivity contribution in [2.45, 2.75) is 25.9 Å². The zero-order valence-corrected chi connectivity index (χ0v) is 18.0. The second-order valence-electron chi connectivity index (χ2n) is 7.22. The third-order valence-corrected chi connectivity index (χ3v) is 6.31. The van der Waals surface area contributed by atoms with Crippen LogP contribution in [0.2, 0.25) is 0 Å². The number of rotatable bonds is 7. The van der Waals surface area contributed by atoms with Crippen molar-refractivity contribution >= 4 is 34.3 Å². The molecule has 158 valence electrons. The Hall–Kier alpha value is -3.38. The van der Waals surface area contributed by atoms with Crippen molar-refractivity contribution in [3.63, 3.8) is 0 Å². The zero-order chi connectivity index (χ0) is 21.6. The Morgan fingerprint density at radius 2 is 1.84 bits per heavy atom. The molecule has 1 aliphatic carbocycles. The molecule has 0 saturated heterocycles. The van der Waals surface area contributed by atoms with E-state index in [0.717, 1.165) is 46.6 Å². The SMILES string of the molecule is COC(=O)c1c(NC(=O)/C=C/c2ccc(OCc3ccccc3)cc2)sc2c1CCC2. The molecule has 1 N–H and O–H groups in total. The van der Waals surface area contributed by atoms with Crippen molar-refractivity contribution in [3.8, 4) is 5.75 Å². The molecular weight excluding hydrogens is 410 g/mol. The summed E-state index contributed by atoms with van der Waals surface area (Å²) < 4.78 is 10.7.